The first-order valence-electron chi connectivity index (χ1n) is 8.24. The standard InChI is InChI=1S/C17H22N2O5/c1-2-22-17(21)12-4-3-7-19(9-12)10-16(20)18-13-5-6-14-15(8-13)24-11-23-14/h5-6,8,12H,2-4,7,9-11H2,1H3,(H,18,20). The maximum atomic E-state index is 12.2. The van der Waals surface area contributed by atoms with E-state index in [0.717, 1.165) is 19.4 Å². The van der Waals surface area contributed by atoms with Gasteiger partial charge in [0, 0.05) is 18.3 Å². The van der Waals surface area contributed by atoms with Gasteiger partial charge in [0.2, 0.25) is 12.7 Å². The van der Waals surface area contributed by atoms with Crippen LogP contribution in [-0.4, -0.2) is 49.8 Å². The number of hydrogen-bond acceptors (Lipinski definition) is 6. The molecule has 1 atom stereocenters. The van der Waals surface area contributed by atoms with Gasteiger partial charge in [-0.25, -0.2) is 0 Å². The Morgan fingerprint density at radius 1 is 1.33 bits per heavy atom. The number of benzene rings is 1. The maximum absolute atomic E-state index is 12.2. The lowest BCUT2D eigenvalue weighted by Gasteiger charge is -2.30. The van der Waals surface area contributed by atoms with Crippen molar-refractivity contribution >= 4 is 17.6 Å². The van der Waals surface area contributed by atoms with Crippen molar-refractivity contribution in [3.8, 4) is 11.5 Å². The Labute approximate surface area is 140 Å². The number of rotatable bonds is 5. The number of nitrogens with one attached hydrogen (secondary N) is 1. The minimum absolute atomic E-state index is 0.113. The molecule has 1 amide bonds. The van der Waals surface area contributed by atoms with E-state index in [2.05, 4.69) is 5.32 Å². The molecule has 7 nitrogen and oxygen atoms in total. The molecule has 0 bridgehead atoms. The van der Waals surface area contributed by atoms with Crippen LogP contribution in [0.2, 0.25) is 0 Å². The second kappa shape index (κ2) is 7.53. The van der Waals surface area contributed by atoms with E-state index in [1.165, 1.54) is 0 Å². The third-order valence-electron chi connectivity index (χ3n) is 4.15. The van der Waals surface area contributed by atoms with Gasteiger partial charge in [-0.05, 0) is 38.4 Å². The second-order valence-corrected chi connectivity index (χ2v) is 5.94. The lowest BCUT2D eigenvalue weighted by atomic mass is 9.98. The molecule has 1 aromatic carbocycles. The van der Waals surface area contributed by atoms with Crippen molar-refractivity contribution in [2.75, 3.05) is 38.4 Å². The quantitative estimate of drug-likeness (QED) is 0.825. The number of hydrogen-bond donors (Lipinski definition) is 1. The van der Waals surface area contributed by atoms with Gasteiger partial charge in [-0.3, -0.25) is 14.5 Å². The SMILES string of the molecule is CCOC(=O)C1CCCN(CC(=O)Nc2ccc3c(c2)OCO3)C1. The molecule has 2 aliphatic heterocycles. The molecular weight excluding hydrogens is 312 g/mol. The number of fused-ring (bicyclic) bond motifs is 1. The van der Waals surface area contributed by atoms with Crippen molar-refractivity contribution in [2.45, 2.75) is 19.8 Å². The van der Waals surface area contributed by atoms with Gasteiger partial charge in [0.1, 0.15) is 0 Å². The fraction of sp³-hybridized carbons (Fsp3) is 0.529. The van der Waals surface area contributed by atoms with E-state index in [0.29, 0.717) is 30.3 Å². The maximum Gasteiger partial charge on any atom is 0.310 e. The average Bonchev–Trinajstić information content (AvgIpc) is 3.03. The van der Waals surface area contributed by atoms with Crippen molar-refractivity contribution in [3.05, 3.63) is 18.2 Å². The van der Waals surface area contributed by atoms with Gasteiger partial charge in [0.25, 0.3) is 0 Å². The molecule has 0 radical (unpaired) electrons. The van der Waals surface area contributed by atoms with Gasteiger partial charge < -0.3 is 19.5 Å². The predicted octanol–water partition coefficient (Wildman–Crippen LogP) is 1.63. The number of ether oxygens (including phenoxy) is 3. The zero-order chi connectivity index (χ0) is 16.9. The molecule has 1 N–H and O–H groups in total. The number of amides is 1. The molecule has 0 aromatic heterocycles. The highest BCUT2D eigenvalue weighted by atomic mass is 16.7. The third-order valence-corrected chi connectivity index (χ3v) is 4.15. The summed E-state index contributed by atoms with van der Waals surface area (Å²) in [6, 6.07) is 5.30. The highest BCUT2D eigenvalue weighted by Gasteiger charge is 2.27. The van der Waals surface area contributed by atoms with Crippen molar-refractivity contribution < 1.29 is 23.8 Å². The van der Waals surface area contributed by atoms with Crippen LogP contribution in [0.25, 0.3) is 0 Å². The summed E-state index contributed by atoms with van der Waals surface area (Å²) in [5, 5.41) is 2.86. The van der Waals surface area contributed by atoms with Crippen LogP contribution in [-0.2, 0) is 14.3 Å². The van der Waals surface area contributed by atoms with Crippen molar-refractivity contribution in [1.82, 2.24) is 4.90 Å². The van der Waals surface area contributed by atoms with E-state index in [-0.39, 0.29) is 31.1 Å². The molecule has 0 aliphatic carbocycles. The summed E-state index contributed by atoms with van der Waals surface area (Å²) >= 11 is 0. The third kappa shape index (κ3) is 3.97. The Kier molecular flexibility index (Phi) is 5.20. The van der Waals surface area contributed by atoms with Crippen LogP contribution in [0, 0.1) is 5.92 Å². The van der Waals surface area contributed by atoms with Crippen molar-refractivity contribution in [1.29, 1.82) is 0 Å². The molecule has 2 heterocycles. The summed E-state index contributed by atoms with van der Waals surface area (Å²) in [5.41, 5.74) is 0.670. The molecule has 7 heteroatoms. The molecule has 1 saturated heterocycles. The Morgan fingerprint density at radius 2 is 2.17 bits per heavy atom. The zero-order valence-corrected chi connectivity index (χ0v) is 13.7. The normalized spacial score (nSPS) is 19.8. The zero-order valence-electron chi connectivity index (χ0n) is 13.7. The lowest BCUT2D eigenvalue weighted by Crippen LogP contribution is -2.43. The summed E-state index contributed by atoms with van der Waals surface area (Å²) in [4.78, 5) is 26.1. The first-order valence-corrected chi connectivity index (χ1v) is 8.24. The van der Waals surface area contributed by atoms with Crippen molar-refractivity contribution in [3.63, 3.8) is 0 Å². The molecule has 0 saturated carbocycles. The minimum atomic E-state index is -0.168. The van der Waals surface area contributed by atoms with Gasteiger partial charge in [0.15, 0.2) is 11.5 Å². The number of carbonyl (C=O) groups is 2. The van der Waals surface area contributed by atoms with Gasteiger partial charge in [0.05, 0.1) is 19.1 Å². The Bertz CT molecular complexity index is 619. The van der Waals surface area contributed by atoms with Crippen LogP contribution >= 0.6 is 0 Å². The molecular formula is C17H22N2O5. The molecule has 1 aromatic rings. The van der Waals surface area contributed by atoms with Crippen LogP contribution in [0.4, 0.5) is 5.69 Å². The molecule has 1 unspecified atom stereocenters. The van der Waals surface area contributed by atoms with E-state index in [1.54, 1.807) is 25.1 Å². The number of likely N-dealkylation sites (tertiary alicyclic amines) is 1. The van der Waals surface area contributed by atoms with Gasteiger partial charge in [-0.1, -0.05) is 0 Å². The largest absolute Gasteiger partial charge is 0.466 e. The lowest BCUT2D eigenvalue weighted by molar-refractivity contribution is -0.150. The molecule has 1 fully saturated rings. The van der Waals surface area contributed by atoms with Gasteiger partial charge >= 0.3 is 5.97 Å². The van der Waals surface area contributed by atoms with Crippen LogP contribution in [0.1, 0.15) is 19.8 Å². The topological polar surface area (TPSA) is 77.1 Å². The number of nitrogens with zero attached hydrogens (tertiary/aromatic N) is 1. The fourth-order valence-electron chi connectivity index (χ4n) is 3.03. The summed E-state index contributed by atoms with van der Waals surface area (Å²) < 4.78 is 15.6. The predicted molar refractivity (Wildman–Crippen MR) is 87.0 cm³/mol. The van der Waals surface area contributed by atoms with Crippen LogP contribution < -0.4 is 14.8 Å². The molecule has 3 rings (SSSR count). The number of piperidine rings is 1. The first-order chi connectivity index (χ1) is 11.7. The Hall–Kier alpha value is -2.28. The summed E-state index contributed by atoms with van der Waals surface area (Å²) in [6.45, 7) is 4.02. The first kappa shape index (κ1) is 16.6. The number of carbonyl (C=O) groups excluding carboxylic acids is 2. The molecule has 130 valence electrons. The minimum Gasteiger partial charge on any atom is -0.466 e. The monoisotopic (exact) mass is 334 g/mol. The fourth-order valence-corrected chi connectivity index (χ4v) is 3.03. The van der Waals surface area contributed by atoms with Crippen LogP contribution in [0.5, 0.6) is 11.5 Å². The van der Waals surface area contributed by atoms with Gasteiger partial charge in [-0.2, -0.15) is 0 Å². The highest BCUT2D eigenvalue weighted by molar-refractivity contribution is 5.92. The Morgan fingerprint density at radius 3 is 3.00 bits per heavy atom. The van der Waals surface area contributed by atoms with E-state index < -0.39 is 0 Å². The van der Waals surface area contributed by atoms with Gasteiger partial charge in [-0.15, -0.1) is 0 Å². The average molecular weight is 334 g/mol. The molecule has 2 aliphatic rings. The van der Waals surface area contributed by atoms with Crippen LogP contribution in [0.3, 0.4) is 0 Å². The van der Waals surface area contributed by atoms with E-state index in [1.807, 2.05) is 4.90 Å². The van der Waals surface area contributed by atoms with E-state index >= 15 is 0 Å². The van der Waals surface area contributed by atoms with E-state index in [4.69, 9.17) is 14.2 Å². The molecule has 24 heavy (non-hydrogen) atoms. The smallest absolute Gasteiger partial charge is 0.310 e. The molecule has 0 spiro atoms. The van der Waals surface area contributed by atoms with E-state index in [9.17, 15) is 9.59 Å². The highest BCUT2D eigenvalue weighted by Crippen LogP contribution is 2.34. The second-order valence-electron chi connectivity index (χ2n) is 5.94. The van der Waals surface area contributed by atoms with Crippen LogP contribution in [0.15, 0.2) is 18.2 Å². The van der Waals surface area contributed by atoms with Crippen molar-refractivity contribution in [2.24, 2.45) is 5.92 Å². The Balaban J connectivity index is 1.52. The number of anilines is 1. The summed E-state index contributed by atoms with van der Waals surface area (Å²) in [7, 11) is 0. The summed E-state index contributed by atoms with van der Waals surface area (Å²) in [6.07, 6.45) is 1.71. The summed E-state index contributed by atoms with van der Waals surface area (Å²) in [5.74, 6) is 0.892. The number of esters is 1.